The second kappa shape index (κ2) is 7.95. The molecule has 6 heteroatoms. The number of hydrogen-bond acceptors (Lipinski definition) is 4. The average molecular weight is 332 g/mol. The fraction of sp³-hybridized carbons (Fsp3) is 0.500. The molecule has 0 radical (unpaired) electrons. The predicted octanol–water partition coefficient (Wildman–Crippen LogP) is 1.67. The molecule has 1 aliphatic heterocycles. The maximum atomic E-state index is 12.3. The highest BCUT2D eigenvalue weighted by Gasteiger charge is 2.37. The van der Waals surface area contributed by atoms with Crippen molar-refractivity contribution in [3.05, 3.63) is 29.8 Å². The molecule has 1 aliphatic rings. The molecular formula is C18H24N2O4. The Morgan fingerprint density at radius 3 is 2.71 bits per heavy atom. The zero-order chi connectivity index (χ0) is 17.7. The van der Waals surface area contributed by atoms with Crippen LogP contribution in [0.25, 0.3) is 0 Å². The smallest absolute Gasteiger partial charge is 0.312 e. The van der Waals surface area contributed by atoms with Gasteiger partial charge in [-0.25, -0.2) is 0 Å². The number of para-hydroxylation sites is 1. The third-order valence-electron chi connectivity index (χ3n) is 4.13. The van der Waals surface area contributed by atoms with Gasteiger partial charge in [-0.05, 0) is 31.9 Å². The van der Waals surface area contributed by atoms with E-state index < -0.39 is 18.0 Å². The molecule has 1 N–H and O–H groups in total. The maximum Gasteiger partial charge on any atom is 0.312 e. The second-order valence-electron chi connectivity index (χ2n) is 5.86. The zero-order valence-corrected chi connectivity index (χ0v) is 14.4. The van der Waals surface area contributed by atoms with E-state index >= 15 is 0 Å². The lowest BCUT2D eigenvalue weighted by Crippen LogP contribution is -2.37. The summed E-state index contributed by atoms with van der Waals surface area (Å²) in [7, 11) is 0. The molecule has 0 spiro atoms. The van der Waals surface area contributed by atoms with Gasteiger partial charge in [0, 0.05) is 25.2 Å². The van der Waals surface area contributed by atoms with Gasteiger partial charge in [0.05, 0.1) is 5.92 Å². The topological polar surface area (TPSA) is 75.7 Å². The van der Waals surface area contributed by atoms with E-state index in [0.29, 0.717) is 6.54 Å². The van der Waals surface area contributed by atoms with Crippen molar-refractivity contribution >= 4 is 23.5 Å². The number of benzene rings is 1. The number of hydrogen-bond donors (Lipinski definition) is 1. The Bertz CT molecular complexity index is 629. The van der Waals surface area contributed by atoms with E-state index in [4.69, 9.17) is 4.74 Å². The largest absolute Gasteiger partial charge is 0.452 e. The molecule has 1 aromatic carbocycles. The summed E-state index contributed by atoms with van der Waals surface area (Å²) in [6.07, 6.45) is 0.0620. The van der Waals surface area contributed by atoms with Gasteiger partial charge >= 0.3 is 5.97 Å². The monoisotopic (exact) mass is 332 g/mol. The molecule has 2 atom stereocenters. The molecule has 0 unspecified atom stereocenters. The van der Waals surface area contributed by atoms with Crippen LogP contribution in [0.15, 0.2) is 24.3 Å². The van der Waals surface area contributed by atoms with Crippen LogP contribution in [0.1, 0.15) is 32.8 Å². The van der Waals surface area contributed by atoms with E-state index in [-0.39, 0.29) is 24.8 Å². The first-order valence-corrected chi connectivity index (χ1v) is 8.34. The van der Waals surface area contributed by atoms with Crippen LogP contribution in [0.5, 0.6) is 0 Å². The highest BCUT2D eigenvalue weighted by molar-refractivity contribution is 6.00. The van der Waals surface area contributed by atoms with Gasteiger partial charge in [-0.2, -0.15) is 0 Å². The lowest BCUT2D eigenvalue weighted by Gasteiger charge is -2.20. The predicted molar refractivity (Wildman–Crippen MR) is 90.5 cm³/mol. The number of carbonyl (C=O) groups excluding carboxylic acids is 3. The summed E-state index contributed by atoms with van der Waals surface area (Å²) < 4.78 is 5.21. The third kappa shape index (κ3) is 3.93. The van der Waals surface area contributed by atoms with Gasteiger partial charge in [0.15, 0.2) is 6.10 Å². The summed E-state index contributed by atoms with van der Waals surface area (Å²) in [6, 6.07) is 7.68. The molecule has 1 heterocycles. The minimum atomic E-state index is -0.857. The van der Waals surface area contributed by atoms with E-state index in [2.05, 4.69) is 5.32 Å². The Balaban J connectivity index is 2.04. The number of carbonyl (C=O) groups is 3. The molecule has 0 bridgehead atoms. The van der Waals surface area contributed by atoms with Crippen molar-refractivity contribution in [1.82, 2.24) is 5.32 Å². The minimum absolute atomic E-state index is 0.0940. The van der Waals surface area contributed by atoms with Gasteiger partial charge in [0.2, 0.25) is 5.91 Å². The quantitative estimate of drug-likeness (QED) is 0.804. The molecule has 2 rings (SSSR count). The van der Waals surface area contributed by atoms with E-state index in [1.54, 1.807) is 11.8 Å². The van der Waals surface area contributed by atoms with Crippen LogP contribution in [0.2, 0.25) is 0 Å². The molecule has 1 aromatic rings. The minimum Gasteiger partial charge on any atom is -0.452 e. The standard InChI is InChI=1S/C18H24N2O4/c1-4-13-8-6-7-9-15(13)20-11-14(10-16(20)21)18(23)24-12(3)17(22)19-5-2/h6-9,12,14H,4-5,10-11H2,1-3H3,(H,19,22)/t12-,14+/m1/s1. The van der Waals surface area contributed by atoms with Gasteiger partial charge in [-0.1, -0.05) is 25.1 Å². The third-order valence-corrected chi connectivity index (χ3v) is 4.13. The first-order valence-electron chi connectivity index (χ1n) is 8.34. The number of ether oxygens (including phenoxy) is 1. The van der Waals surface area contributed by atoms with Crippen LogP contribution in [0.3, 0.4) is 0 Å². The van der Waals surface area contributed by atoms with Gasteiger partial charge in [0.1, 0.15) is 0 Å². The van der Waals surface area contributed by atoms with E-state index in [1.165, 1.54) is 6.92 Å². The van der Waals surface area contributed by atoms with Crippen LogP contribution in [0.4, 0.5) is 5.69 Å². The summed E-state index contributed by atoms with van der Waals surface area (Å²) in [5, 5.41) is 2.61. The summed E-state index contributed by atoms with van der Waals surface area (Å²) in [6.45, 7) is 6.12. The fourth-order valence-electron chi connectivity index (χ4n) is 2.81. The normalized spacial score (nSPS) is 18.4. The Morgan fingerprint density at radius 1 is 1.33 bits per heavy atom. The molecule has 6 nitrogen and oxygen atoms in total. The van der Waals surface area contributed by atoms with Crippen molar-refractivity contribution in [1.29, 1.82) is 0 Å². The van der Waals surface area contributed by atoms with Crippen molar-refractivity contribution in [2.75, 3.05) is 18.0 Å². The van der Waals surface area contributed by atoms with Crippen LogP contribution in [0, 0.1) is 5.92 Å². The van der Waals surface area contributed by atoms with Gasteiger partial charge in [-0.3, -0.25) is 14.4 Å². The van der Waals surface area contributed by atoms with Crippen molar-refractivity contribution in [2.45, 2.75) is 39.7 Å². The Labute approximate surface area is 142 Å². The molecule has 0 aromatic heterocycles. The van der Waals surface area contributed by atoms with Crippen molar-refractivity contribution in [2.24, 2.45) is 5.92 Å². The Kier molecular flexibility index (Phi) is 5.95. The molecule has 24 heavy (non-hydrogen) atoms. The number of likely N-dealkylation sites (N-methyl/N-ethyl adjacent to an activating group) is 1. The molecule has 0 aliphatic carbocycles. The lowest BCUT2D eigenvalue weighted by molar-refractivity contribution is -0.158. The maximum absolute atomic E-state index is 12.3. The summed E-state index contributed by atoms with van der Waals surface area (Å²) >= 11 is 0. The molecule has 130 valence electrons. The van der Waals surface area contributed by atoms with Crippen LogP contribution in [-0.2, 0) is 25.5 Å². The van der Waals surface area contributed by atoms with Crippen molar-refractivity contribution in [3.8, 4) is 0 Å². The van der Waals surface area contributed by atoms with Gasteiger partial charge < -0.3 is 15.0 Å². The zero-order valence-electron chi connectivity index (χ0n) is 14.4. The van der Waals surface area contributed by atoms with Crippen LogP contribution in [-0.4, -0.2) is 37.0 Å². The first-order chi connectivity index (χ1) is 11.5. The number of rotatable bonds is 6. The molecule has 0 saturated carbocycles. The summed E-state index contributed by atoms with van der Waals surface area (Å²) in [4.78, 5) is 37.9. The van der Waals surface area contributed by atoms with Crippen LogP contribution < -0.4 is 10.2 Å². The average Bonchev–Trinajstić information content (AvgIpc) is 2.96. The van der Waals surface area contributed by atoms with E-state index in [0.717, 1.165) is 17.7 Å². The molecule has 1 saturated heterocycles. The van der Waals surface area contributed by atoms with Gasteiger partial charge in [0.25, 0.3) is 5.91 Å². The fourth-order valence-corrected chi connectivity index (χ4v) is 2.81. The van der Waals surface area contributed by atoms with Crippen molar-refractivity contribution in [3.63, 3.8) is 0 Å². The second-order valence-corrected chi connectivity index (χ2v) is 5.86. The molecule has 1 fully saturated rings. The number of nitrogens with zero attached hydrogens (tertiary/aromatic N) is 1. The van der Waals surface area contributed by atoms with Crippen LogP contribution >= 0.6 is 0 Å². The van der Waals surface area contributed by atoms with Gasteiger partial charge in [-0.15, -0.1) is 0 Å². The first kappa shape index (κ1) is 18.0. The highest BCUT2D eigenvalue weighted by Crippen LogP contribution is 2.29. The Morgan fingerprint density at radius 2 is 2.04 bits per heavy atom. The Hall–Kier alpha value is -2.37. The van der Waals surface area contributed by atoms with Crippen molar-refractivity contribution < 1.29 is 19.1 Å². The molecular weight excluding hydrogens is 308 g/mol. The number of amides is 2. The highest BCUT2D eigenvalue weighted by atomic mass is 16.5. The summed E-state index contributed by atoms with van der Waals surface area (Å²) in [5.74, 6) is -1.47. The SMILES string of the molecule is CCNC(=O)[C@@H](C)OC(=O)[C@H]1CC(=O)N(c2ccccc2CC)C1. The number of esters is 1. The number of nitrogens with one attached hydrogen (secondary N) is 1. The van der Waals surface area contributed by atoms with E-state index in [1.807, 2.05) is 31.2 Å². The summed E-state index contributed by atoms with van der Waals surface area (Å²) in [5.41, 5.74) is 1.91. The number of aryl methyl sites for hydroxylation is 1. The molecule has 2 amide bonds. The number of anilines is 1. The van der Waals surface area contributed by atoms with E-state index in [9.17, 15) is 14.4 Å². The lowest BCUT2D eigenvalue weighted by atomic mass is 10.1.